The molecule has 1 aromatic heterocycles. The van der Waals surface area contributed by atoms with Crippen molar-refractivity contribution in [3.8, 4) is 17.0 Å². The van der Waals surface area contributed by atoms with Crippen LogP contribution in [0.4, 0.5) is 10.5 Å². The Balaban J connectivity index is 1.96. The first-order valence-corrected chi connectivity index (χ1v) is 10.3. The van der Waals surface area contributed by atoms with E-state index < -0.39 is 0 Å². The van der Waals surface area contributed by atoms with E-state index in [0.29, 0.717) is 22.9 Å². The second-order valence-corrected chi connectivity index (χ2v) is 8.13. The van der Waals surface area contributed by atoms with Gasteiger partial charge in [-0.1, -0.05) is 27.2 Å². The number of amides is 2. The van der Waals surface area contributed by atoms with E-state index in [-0.39, 0.29) is 29.6 Å². The van der Waals surface area contributed by atoms with E-state index in [0.717, 1.165) is 31.4 Å². The topological polar surface area (TPSA) is 96.3 Å². The maximum Gasteiger partial charge on any atom is 0.342 e. The zero-order chi connectivity index (χ0) is 21.1. The summed E-state index contributed by atoms with van der Waals surface area (Å²) in [6.45, 7) is 7.61. The predicted molar refractivity (Wildman–Crippen MR) is 113 cm³/mol. The standard InChI is InChI=1S/C22H30N4O3/c1-5-14(4)23-22(29)26-19(15-7-6-8-15)12-18(25-26)17-11-16(9-10-20(17)27)24-21(28)13(2)3/h9-15,27H,5-8H2,1-4H3,(H,23,29)(H,24,28). The van der Waals surface area contributed by atoms with E-state index >= 15 is 0 Å². The van der Waals surface area contributed by atoms with Crippen LogP contribution in [0.25, 0.3) is 11.3 Å². The molecule has 0 radical (unpaired) electrons. The molecule has 7 nitrogen and oxygen atoms in total. The summed E-state index contributed by atoms with van der Waals surface area (Å²) in [6, 6.07) is 6.55. The molecule has 29 heavy (non-hydrogen) atoms. The van der Waals surface area contributed by atoms with Gasteiger partial charge < -0.3 is 15.7 Å². The normalized spacial score (nSPS) is 15.1. The molecule has 1 aliphatic rings. The molecule has 7 heteroatoms. The number of nitrogens with zero attached hydrogens (tertiary/aromatic N) is 2. The highest BCUT2D eigenvalue weighted by Gasteiger charge is 2.28. The number of carbonyl (C=O) groups is 2. The van der Waals surface area contributed by atoms with E-state index in [1.165, 1.54) is 10.7 Å². The molecule has 156 valence electrons. The van der Waals surface area contributed by atoms with Crippen molar-refractivity contribution in [2.75, 3.05) is 5.32 Å². The fraction of sp³-hybridized carbons (Fsp3) is 0.500. The van der Waals surface area contributed by atoms with Crippen LogP contribution in [-0.4, -0.2) is 32.9 Å². The lowest BCUT2D eigenvalue weighted by molar-refractivity contribution is -0.118. The van der Waals surface area contributed by atoms with Crippen molar-refractivity contribution in [2.24, 2.45) is 5.92 Å². The predicted octanol–water partition coefficient (Wildman–Crippen LogP) is 4.47. The lowest BCUT2D eigenvalue weighted by atomic mass is 9.82. The summed E-state index contributed by atoms with van der Waals surface area (Å²) in [5, 5.41) is 20.7. The molecule has 0 aliphatic heterocycles. The average Bonchev–Trinajstić information content (AvgIpc) is 3.06. The van der Waals surface area contributed by atoms with Gasteiger partial charge in [0.2, 0.25) is 5.91 Å². The van der Waals surface area contributed by atoms with E-state index in [1.807, 2.05) is 33.8 Å². The van der Waals surface area contributed by atoms with E-state index in [2.05, 4.69) is 15.7 Å². The van der Waals surface area contributed by atoms with Crippen molar-refractivity contribution >= 4 is 17.6 Å². The van der Waals surface area contributed by atoms with Crippen LogP contribution < -0.4 is 10.6 Å². The summed E-state index contributed by atoms with van der Waals surface area (Å²) in [6.07, 6.45) is 4.02. The summed E-state index contributed by atoms with van der Waals surface area (Å²) >= 11 is 0. The quantitative estimate of drug-likeness (QED) is 0.625. The largest absolute Gasteiger partial charge is 0.507 e. The van der Waals surface area contributed by atoms with Gasteiger partial charge in [0, 0.05) is 29.1 Å². The van der Waals surface area contributed by atoms with Crippen molar-refractivity contribution < 1.29 is 14.7 Å². The minimum Gasteiger partial charge on any atom is -0.507 e. The van der Waals surface area contributed by atoms with Gasteiger partial charge in [-0.2, -0.15) is 9.78 Å². The van der Waals surface area contributed by atoms with Gasteiger partial charge in [-0.3, -0.25) is 4.79 Å². The number of benzene rings is 1. The SMILES string of the molecule is CCC(C)NC(=O)n1nc(-c2cc(NC(=O)C(C)C)ccc2O)cc1C1CCC1. The lowest BCUT2D eigenvalue weighted by Gasteiger charge is -2.25. The Kier molecular flexibility index (Phi) is 6.25. The third-order valence-corrected chi connectivity index (χ3v) is 5.50. The van der Waals surface area contributed by atoms with Crippen molar-refractivity contribution in [3.05, 3.63) is 30.0 Å². The number of hydrogen-bond acceptors (Lipinski definition) is 4. The number of phenols is 1. The first-order chi connectivity index (χ1) is 13.8. The van der Waals surface area contributed by atoms with Crippen molar-refractivity contribution in [1.82, 2.24) is 15.1 Å². The molecule has 3 rings (SSSR count). The highest BCUT2D eigenvalue weighted by Crippen LogP contribution is 2.39. The van der Waals surface area contributed by atoms with Gasteiger partial charge in [-0.05, 0) is 50.5 Å². The van der Waals surface area contributed by atoms with Gasteiger partial charge in [0.05, 0.1) is 11.4 Å². The van der Waals surface area contributed by atoms with Crippen LogP contribution in [0.5, 0.6) is 5.75 Å². The smallest absolute Gasteiger partial charge is 0.342 e. The first kappa shape index (κ1) is 20.9. The number of anilines is 1. The van der Waals surface area contributed by atoms with Crippen LogP contribution in [-0.2, 0) is 4.79 Å². The number of aromatic hydroxyl groups is 1. The highest BCUT2D eigenvalue weighted by atomic mass is 16.3. The summed E-state index contributed by atoms with van der Waals surface area (Å²) in [4.78, 5) is 24.8. The van der Waals surface area contributed by atoms with Crippen LogP contribution >= 0.6 is 0 Å². The summed E-state index contributed by atoms with van der Waals surface area (Å²) < 4.78 is 1.43. The minimum atomic E-state index is -0.253. The van der Waals surface area contributed by atoms with Crippen molar-refractivity contribution in [1.29, 1.82) is 0 Å². The molecule has 1 saturated carbocycles. The minimum absolute atomic E-state index is 0.0485. The third kappa shape index (κ3) is 4.60. The Morgan fingerprint density at radius 2 is 1.97 bits per heavy atom. The van der Waals surface area contributed by atoms with Gasteiger partial charge in [0.15, 0.2) is 0 Å². The molecule has 1 aliphatic carbocycles. The Hall–Kier alpha value is -2.83. The van der Waals surface area contributed by atoms with Crippen molar-refractivity contribution in [3.63, 3.8) is 0 Å². The second kappa shape index (κ2) is 8.68. The first-order valence-electron chi connectivity index (χ1n) is 10.3. The molecule has 1 atom stereocenters. The molecule has 1 aromatic carbocycles. The number of carbonyl (C=O) groups excluding carboxylic acids is 2. The van der Waals surface area contributed by atoms with Crippen molar-refractivity contribution in [2.45, 2.75) is 65.3 Å². The molecule has 2 amide bonds. The van der Waals surface area contributed by atoms with Gasteiger partial charge in [-0.25, -0.2) is 4.79 Å². The molecule has 3 N–H and O–H groups in total. The van der Waals surface area contributed by atoms with E-state index in [9.17, 15) is 14.7 Å². The van der Waals surface area contributed by atoms with Crippen LogP contribution in [0.1, 0.15) is 65.0 Å². The fourth-order valence-corrected chi connectivity index (χ4v) is 3.16. The molecule has 1 unspecified atom stereocenters. The molecular formula is C22H30N4O3. The number of aromatic nitrogens is 2. The zero-order valence-corrected chi connectivity index (χ0v) is 17.5. The molecular weight excluding hydrogens is 368 g/mol. The van der Waals surface area contributed by atoms with Crippen LogP contribution in [0.3, 0.4) is 0 Å². The maximum absolute atomic E-state index is 12.8. The molecule has 0 spiro atoms. The molecule has 0 saturated heterocycles. The summed E-state index contributed by atoms with van der Waals surface area (Å²) in [7, 11) is 0. The van der Waals surface area contributed by atoms with Gasteiger partial charge >= 0.3 is 6.03 Å². The fourth-order valence-electron chi connectivity index (χ4n) is 3.16. The van der Waals surface area contributed by atoms with Gasteiger partial charge in [-0.15, -0.1) is 0 Å². The van der Waals surface area contributed by atoms with E-state index in [4.69, 9.17) is 0 Å². The molecule has 1 fully saturated rings. The summed E-state index contributed by atoms with van der Waals surface area (Å²) in [5.41, 5.74) is 2.45. The monoisotopic (exact) mass is 398 g/mol. The third-order valence-electron chi connectivity index (χ3n) is 5.50. The Morgan fingerprint density at radius 1 is 1.24 bits per heavy atom. The van der Waals surface area contributed by atoms with E-state index in [1.54, 1.807) is 12.1 Å². The number of nitrogens with one attached hydrogen (secondary N) is 2. The van der Waals surface area contributed by atoms with Crippen LogP contribution in [0, 0.1) is 5.92 Å². The Morgan fingerprint density at radius 3 is 2.55 bits per heavy atom. The number of hydrogen-bond donors (Lipinski definition) is 3. The number of rotatable bonds is 6. The lowest BCUT2D eigenvalue weighted by Crippen LogP contribution is -2.37. The highest BCUT2D eigenvalue weighted by molar-refractivity contribution is 5.93. The zero-order valence-electron chi connectivity index (χ0n) is 17.5. The van der Waals surface area contributed by atoms with Gasteiger partial charge in [0.25, 0.3) is 0 Å². The van der Waals surface area contributed by atoms with Gasteiger partial charge in [0.1, 0.15) is 5.75 Å². The summed E-state index contributed by atoms with van der Waals surface area (Å²) in [5.74, 6) is 0.0979. The average molecular weight is 399 g/mol. The maximum atomic E-state index is 12.8. The molecule has 1 heterocycles. The molecule has 0 bridgehead atoms. The number of phenolic OH excluding ortho intramolecular Hbond substituents is 1. The Labute approximate surface area is 171 Å². The Bertz CT molecular complexity index is 899. The van der Waals surface area contributed by atoms with Crippen LogP contribution in [0.2, 0.25) is 0 Å². The second-order valence-electron chi connectivity index (χ2n) is 8.13. The molecule has 2 aromatic rings. The van der Waals surface area contributed by atoms with Crippen LogP contribution in [0.15, 0.2) is 24.3 Å².